The molecule has 0 fully saturated rings. The van der Waals surface area contributed by atoms with Crippen LogP contribution in [0.3, 0.4) is 0 Å². The summed E-state index contributed by atoms with van der Waals surface area (Å²) in [5, 5.41) is 10.6. The summed E-state index contributed by atoms with van der Waals surface area (Å²) in [7, 11) is -2.02. The molecule has 0 saturated carbocycles. The molecule has 0 aliphatic heterocycles. The summed E-state index contributed by atoms with van der Waals surface area (Å²) in [6.07, 6.45) is 3.75. The largest absolute Gasteiger partial charge is 0.665 e. The Bertz CT molecular complexity index is 2310. The average molecular weight is 1050 g/mol. The van der Waals surface area contributed by atoms with Gasteiger partial charge in [0.15, 0.2) is 0 Å². The van der Waals surface area contributed by atoms with E-state index in [0.29, 0.717) is 5.75 Å². The molecule has 1 heterocycles. The molecular formula is C49H58Br2F3MoN2O2Si-. The van der Waals surface area contributed by atoms with Gasteiger partial charge in [-0.05, 0) is 135 Å². The van der Waals surface area contributed by atoms with Crippen LogP contribution in [-0.2, 0) is 48.8 Å². The summed E-state index contributed by atoms with van der Waals surface area (Å²) >= 11 is 6.41. The van der Waals surface area contributed by atoms with Crippen LogP contribution >= 0.6 is 31.9 Å². The van der Waals surface area contributed by atoms with E-state index in [-0.39, 0.29) is 22.1 Å². The van der Waals surface area contributed by atoms with Gasteiger partial charge < -0.3 is 14.5 Å². The van der Waals surface area contributed by atoms with E-state index in [1.54, 1.807) is 6.07 Å². The number of aryl methyl sites for hydroxylation is 4. The number of fused-ring (bicyclic) bond motifs is 2. The van der Waals surface area contributed by atoms with Gasteiger partial charge in [-0.1, -0.05) is 46.8 Å². The van der Waals surface area contributed by atoms with Gasteiger partial charge in [-0.3, -0.25) is 0 Å². The third-order valence-electron chi connectivity index (χ3n) is 11.8. The summed E-state index contributed by atoms with van der Waals surface area (Å²) in [4.78, 5) is 4.11. The van der Waals surface area contributed by atoms with Gasteiger partial charge in [0.05, 0.1) is 8.95 Å². The smallest absolute Gasteiger partial charge is 0.0607 e. The molecule has 0 bridgehead atoms. The first-order chi connectivity index (χ1) is 28.1. The van der Waals surface area contributed by atoms with Crippen molar-refractivity contribution in [3.05, 3.63) is 144 Å². The van der Waals surface area contributed by atoms with E-state index in [1.165, 1.54) is 52.8 Å². The topological polar surface area (TPSA) is 55.9 Å². The number of nitrogens with zero attached hydrogens (tertiary/aromatic N) is 2. The molecule has 60 heavy (non-hydrogen) atoms. The molecule has 4 nitrogen and oxygen atoms in total. The Hall–Kier alpha value is -2.91. The maximum Gasteiger partial charge on any atom is -0.0607 e. The van der Waals surface area contributed by atoms with Crippen LogP contribution < -0.4 is 9.41 Å². The molecule has 322 valence electrons. The van der Waals surface area contributed by atoms with Crippen molar-refractivity contribution in [2.75, 3.05) is 0 Å². The summed E-state index contributed by atoms with van der Waals surface area (Å²) in [5.74, 6) is 1.67. The number of halogens is 5. The number of phenolic OH excluding ortho intramolecular Hbond substituents is 1. The number of hydrogen-bond acceptors (Lipinski definition) is 3. The van der Waals surface area contributed by atoms with E-state index >= 15 is 0 Å². The van der Waals surface area contributed by atoms with Gasteiger partial charge in [-0.15, -0.1) is 0 Å². The van der Waals surface area contributed by atoms with Crippen LogP contribution in [0.15, 0.2) is 97.4 Å². The predicted molar refractivity (Wildman–Crippen MR) is 247 cm³/mol. The van der Waals surface area contributed by atoms with Crippen LogP contribution in [0.4, 0.5) is 18.9 Å². The first kappa shape index (κ1) is 48.1. The van der Waals surface area contributed by atoms with Crippen LogP contribution in [0.1, 0.15) is 117 Å². The van der Waals surface area contributed by atoms with Crippen molar-refractivity contribution in [3.8, 4) is 11.5 Å². The Kier molecular flexibility index (Phi) is 16.1. The molecule has 1 unspecified atom stereocenters. The van der Waals surface area contributed by atoms with E-state index in [2.05, 4.69) is 105 Å². The molecule has 1 atom stereocenters. The fraction of sp³-hybridized carbons (Fsp3) is 0.408. The predicted octanol–water partition coefficient (Wildman–Crippen LogP) is 15.3. The molecule has 0 spiro atoms. The third-order valence-corrected chi connectivity index (χ3v) is 19.8. The Morgan fingerprint density at radius 1 is 0.800 bits per heavy atom. The molecule has 1 aromatic heterocycles. The molecule has 7 rings (SSSR count). The summed E-state index contributed by atoms with van der Waals surface area (Å²) < 4.78 is 54.0. The van der Waals surface area contributed by atoms with Gasteiger partial charge >= 0.3 is 136 Å². The van der Waals surface area contributed by atoms with Gasteiger partial charge in [0, 0.05) is 11.5 Å². The van der Waals surface area contributed by atoms with Crippen molar-refractivity contribution in [2.24, 2.45) is 3.50 Å². The maximum absolute atomic E-state index is 12.9. The van der Waals surface area contributed by atoms with Crippen molar-refractivity contribution in [2.45, 2.75) is 129 Å². The number of phenols is 1. The maximum atomic E-state index is 12.9. The molecule has 0 radical (unpaired) electrons. The summed E-state index contributed by atoms with van der Waals surface area (Å²) in [5.41, 5.74) is 9.53. The van der Waals surface area contributed by atoms with Gasteiger partial charge in [-0.2, -0.15) is 11.4 Å². The molecule has 2 aliphatic carbocycles. The Labute approximate surface area is 381 Å². The van der Waals surface area contributed by atoms with Crippen LogP contribution in [0, 0.1) is 13.8 Å². The molecule has 0 saturated heterocycles. The van der Waals surface area contributed by atoms with Crippen LogP contribution in [0.2, 0.25) is 18.1 Å². The molecule has 1 N–H and O–H groups in total. The van der Waals surface area contributed by atoms with Gasteiger partial charge in [-0.25, -0.2) is 0 Å². The minimum absolute atomic E-state index is 0.0394. The number of alkyl halides is 3. The van der Waals surface area contributed by atoms with Crippen LogP contribution in [0.25, 0.3) is 0 Å². The molecule has 2 aliphatic rings. The molecule has 5 aromatic rings. The number of rotatable bonds is 6. The average Bonchev–Trinajstić information content (AvgIpc) is 3.57. The zero-order chi connectivity index (χ0) is 44.0. The second kappa shape index (κ2) is 20.1. The van der Waals surface area contributed by atoms with Crippen molar-refractivity contribution < 1.29 is 40.6 Å². The number of benzene rings is 4. The Morgan fingerprint density at radius 3 is 2.02 bits per heavy atom. The second-order valence-corrected chi connectivity index (χ2v) is 25.9. The van der Waals surface area contributed by atoms with Gasteiger partial charge in [0.2, 0.25) is 0 Å². The molecule has 11 heteroatoms. The van der Waals surface area contributed by atoms with Gasteiger partial charge in [0.25, 0.3) is 8.32 Å². The normalized spacial score (nSPS) is 15.3. The molecular weight excluding hydrogens is 989 g/mol. The Balaban J connectivity index is 0.000000204. The minimum Gasteiger partial charge on any atom is -0.665 e. The fourth-order valence-electron chi connectivity index (χ4n) is 7.41. The van der Waals surface area contributed by atoms with E-state index in [9.17, 15) is 18.3 Å². The monoisotopic (exact) mass is 1050 g/mol. The van der Waals surface area contributed by atoms with E-state index in [0.717, 1.165) is 69.8 Å². The van der Waals surface area contributed by atoms with E-state index in [4.69, 9.17) is 4.43 Å². The van der Waals surface area contributed by atoms with E-state index < -0.39 is 38.0 Å². The number of aromatic hydroxyl groups is 1. The summed E-state index contributed by atoms with van der Waals surface area (Å²) in [6.45, 7) is 19.7. The van der Waals surface area contributed by atoms with E-state index in [1.807, 2.05) is 62.4 Å². The zero-order valence-corrected chi connectivity index (χ0v) is 42.4. The van der Waals surface area contributed by atoms with Crippen molar-refractivity contribution in [1.82, 2.24) is 4.98 Å². The first-order valence-electron chi connectivity index (χ1n) is 20.6. The fourth-order valence-corrected chi connectivity index (χ4v) is 11.3. The number of hydrogen-bond donors (Lipinski definition) is 1. The van der Waals surface area contributed by atoms with Crippen LogP contribution in [0.5, 0.6) is 11.5 Å². The Morgan fingerprint density at radius 2 is 1.40 bits per heavy atom. The zero-order valence-electron chi connectivity index (χ0n) is 36.2. The second-order valence-electron chi connectivity index (χ2n) is 17.9. The first-order valence-corrected chi connectivity index (χ1v) is 27.2. The van der Waals surface area contributed by atoms with Crippen molar-refractivity contribution >= 4 is 50.3 Å². The van der Waals surface area contributed by atoms with Crippen molar-refractivity contribution in [1.29, 1.82) is 0 Å². The van der Waals surface area contributed by atoms with Gasteiger partial charge in [0.1, 0.15) is 11.5 Å². The SMILES string of the molecule is CC(C)(C)[Si](C)(C)Oc1c(Br)cc2c(c1C1CCCc3cc(Br)c(O)cc31)CCCC2.CC(C)([CH]=[Mo]=[N]c1ccccc1C(F)(F)F)c1ccccc1.Cc1ccc(C)[n-]1. The standard InChI is InChI=1S/C26H34Br2O2Si.C10H12.C7H4F3N.C6H8N.Mo/c1-26(2,3)31(4,5)30-25-22(28)14-16-9-6-7-11-18(16)24(25)19-12-8-10-17-13-21(27)23(29)15-20(17)19;1-10(2,3)9-7-5-4-6-8-9;8-7(9,10)5-3-1-2-4-6(5)11;1-5-3-4-6(2)7-5;/h13-15,19,29H,6-12H2,1-5H3;1,4-8H,2-3H3;1-4H;3-4H,1-2H3;/q;;;-1;. The van der Waals surface area contributed by atoms with Crippen LogP contribution in [-0.4, -0.2) is 17.8 Å². The summed E-state index contributed by atoms with van der Waals surface area (Å²) in [6, 6.07) is 25.8. The minimum atomic E-state index is -4.36. The third kappa shape index (κ3) is 12.2. The molecule has 4 aromatic carbocycles. The molecule has 0 amide bonds. The number of aromatic nitrogens is 1. The van der Waals surface area contributed by atoms with Crippen molar-refractivity contribution in [3.63, 3.8) is 0 Å². The quantitative estimate of drug-likeness (QED) is 0.172.